The molecule has 0 bridgehead atoms. The van der Waals surface area contributed by atoms with Gasteiger partial charge in [0.05, 0.1) is 28.9 Å². The van der Waals surface area contributed by atoms with Crippen molar-refractivity contribution in [2.24, 2.45) is 23.0 Å². The van der Waals surface area contributed by atoms with Crippen LogP contribution in [0.1, 0.15) is 79.0 Å². The van der Waals surface area contributed by atoms with Gasteiger partial charge in [0.15, 0.2) is 0 Å². The highest BCUT2D eigenvalue weighted by atomic mass is 32.1. The zero-order valence-electron chi connectivity index (χ0n) is 26.4. The number of carbonyl (C=O) groups is 3. The normalized spacial score (nSPS) is 19.1. The van der Waals surface area contributed by atoms with Crippen LogP contribution in [0.4, 0.5) is 13.2 Å². The van der Waals surface area contributed by atoms with E-state index in [0.717, 1.165) is 40.6 Å². The number of pyridine rings is 1. The molecule has 13 heteroatoms. The van der Waals surface area contributed by atoms with E-state index in [-0.39, 0.29) is 17.6 Å². The summed E-state index contributed by atoms with van der Waals surface area (Å²) in [6, 6.07) is 1.28. The maximum atomic E-state index is 12.2. The van der Waals surface area contributed by atoms with E-state index in [2.05, 4.69) is 35.8 Å². The number of carbonyl (C=O) groups excluding carboxylic acids is 3. The zero-order valence-corrected chi connectivity index (χ0v) is 27.2. The van der Waals surface area contributed by atoms with E-state index < -0.39 is 18.1 Å². The summed E-state index contributed by atoms with van der Waals surface area (Å²) in [6.07, 6.45) is 4.81. The molecule has 0 radical (unpaired) electrons. The van der Waals surface area contributed by atoms with Crippen LogP contribution in [0, 0.1) is 40.9 Å². The van der Waals surface area contributed by atoms with Crippen molar-refractivity contribution in [3.63, 3.8) is 0 Å². The lowest BCUT2D eigenvalue weighted by atomic mass is 10.0. The molecule has 3 N–H and O–H groups in total. The standard InChI is InChI=1S/C15H27NO2.C12H7N3OS.C2H2F3NO.C2H6/c1-10(18-14(2,3)4)7-13(17)16-8-11-12(9-16)15(11,5)6;1-2-8-6-17-11-5-14-4-9(12(8)11)10(3-13)15-7-16;3-2(4,5)1(6)7;1-2/h10-12H,7-9H2,1-6H3;1,4-7,10H,(H,15,16);(H2,6,7);1-2H3/t10-,11?,12?;;;/m1.../s1. The third kappa shape index (κ3) is 10.5. The van der Waals surface area contributed by atoms with Crippen molar-refractivity contribution in [1.82, 2.24) is 15.2 Å². The van der Waals surface area contributed by atoms with Crippen molar-refractivity contribution in [2.75, 3.05) is 13.1 Å². The number of alkyl halides is 3. The Kier molecular flexibility index (Phi) is 13.8. The number of amides is 3. The fourth-order valence-electron chi connectivity index (χ4n) is 4.96. The van der Waals surface area contributed by atoms with Crippen LogP contribution in [-0.4, -0.2) is 59.1 Å². The second kappa shape index (κ2) is 15.9. The molecule has 9 nitrogen and oxygen atoms in total. The minimum absolute atomic E-state index is 0.00226. The third-order valence-electron chi connectivity index (χ3n) is 7.11. The Morgan fingerprint density at radius 1 is 1.27 bits per heavy atom. The molecule has 3 amide bonds. The highest BCUT2D eigenvalue weighted by Crippen LogP contribution is 2.62. The van der Waals surface area contributed by atoms with E-state index in [4.69, 9.17) is 21.2 Å². The Hall–Kier alpha value is -3.68. The number of fused-ring (bicyclic) bond motifs is 2. The van der Waals surface area contributed by atoms with Gasteiger partial charge in [0.2, 0.25) is 12.3 Å². The Balaban J connectivity index is 0.000000348. The molecular weight excluding hydrogens is 595 g/mol. The lowest BCUT2D eigenvalue weighted by molar-refractivity contribution is -0.169. The van der Waals surface area contributed by atoms with Gasteiger partial charge in [-0.25, -0.2) is 0 Å². The van der Waals surface area contributed by atoms with Crippen LogP contribution in [-0.2, 0) is 19.1 Å². The van der Waals surface area contributed by atoms with Gasteiger partial charge in [0.25, 0.3) is 0 Å². The fourth-order valence-corrected chi connectivity index (χ4v) is 5.86. The SMILES string of the molecule is C#Cc1csc2cncc(C(C#N)NC=O)c12.CC.C[C@H](CC(=O)N1CC2C(C1)C2(C)C)OC(C)(C)C.NC(=O)C(F)(F)F. The van der Waals surface area contributed by atoms with Gasteiger partial charge in [0.1, 0.15) is 6.04 Å². The molecular formula is C31H42F3N5O4S. The average molecular weight is 638 g/mol. The summed E-state index contributed by atoms with van der Waals surface area (Å²) in [5.74, 6) is 2.04. The minimum Gasteiger partial charge on any atom is -0.372 e. The number of ether oxygens (including phenoxy) is 1. The van der Waals surface area contributed by atoms with Crippen molar-refractivity contribution in [1.29, 1.82) is 5.26 Å². The number of rotatable bonds is 6. The van der Waals surface area contributed by atoms with Crippen molar-refractivity contribution < 1.29 is 32.3 Å². The third-order valence-corrected chi connectivity index (χ3v) is 8.03. The van der Waals surface area contributed by atoms with Gasteiger partial charge in [-0.15, -0.1) is 17.8 Å². The number of likely N-dealkylation sites (tertiary alicyclic amines) is 1. The molecule has 44 heavy (non-hydrogen) atoms. The van der Waals surface area contributed by atoms with Crippen LogP contribution in [0.3, 0.4) is 0 Å². The second-order valence-electron chi connectivity index (χ2n) is 11.7. The highest BCUT2D eigenvalue weighted by molar-refractivity contribution is 7.17. The second-order valence-corrected chi connectivity index (χ2v) is 12.6. The molecule has 1 saturated heterocycles. The Morgan fingerprint density at radius 2 is 1.82 bits per heavy atom. The molecule has 242 valence electrons. The number of nitrogens with two attached hydrogens (primary N) is 1. The van der Waals surface area contributed by atoms with Crippen LogP contribution in [0.25, 0.3) is 10.1 Å². The van der Waals surface area contributed by atoms with E-state index in [1.807, 2.05) is 57.9 Å². The topological polar surface area (TPSA) is 138 Å². The van der Waals surface area contributed by atoms with E-state index >= 15 is 0 Å². The number of terminal acetylenes is 1. The first kappa shape index (κ1) is 38.3. The molecule has 4 rings (SSSR count). The molecule has 2 aromatic heterocycles. The van der Waals surface area contributed by atoms with Gasteiger partial charge >= 0.3 is 12.1 Å². The maximum Gasteiger partial charge on any atom is 0.470 e. The molecule has 2 fully saturated rings. The number of nitriles is 1. The molecule has 1 saturated carbocycles. The first-order valence-corrected chi connectivity index (χ1v) is 15.0. The van der Waals surface area contributed by atoms with Gasteiger partial charge in [-0.2, -0.15) is 18.4 Å². The maximum absolute atomic E-state index is 12.2. The molecule has 2 aromatic rings. The molecule has 0 spiro atoms. The molecule has 1 aliphatic heterocycles. The first-order chi connectivity index (χ1) is 20.4. The van der Waals surface area contributed by atoms with Gasteiger partial charge in [-0.1, -0.05) is 33.6 Å². The van der Waals surface area contributed by atoms with E-state index in [1.165, 1.54) is 11.3 Å². The van der Waals surface area contributed by atoms with E-state index in [9.17, 15) is 22.8 Å². The van der Waals surface area contributed by atoms with E-state index in [0.29, 0.717) is 23.8 Å². The number of nitrogens with zero attached hydrogens (tertiary/aromatic N) is 3. The predicted octanol–water partition coefficient (Wildman–Crippen LogP) is 5.34. The molecule has 3 unspecified atom stereocenters. The highest BCUT2D eigenvalue weighted by Gasteiger charge is 2.62. The lowest BCUT2D eigenvalue weighted by Gasteiger charge is -2.27. The summed E-state index contributed by atoms with van der Waals surface area (Å²) in [4.78, 5) is 37.8. The summed E-state index contributed by atoms with van der Waals surface area (Å²) in [6.45, 7) is 18.6. The Bertz CT molecular complexity index is 1360. The van der Waals surface area contributed by atoms with Gasteiger partial charge in [-0.3, -0.25) is 19.4 Å². The monoisotopic (exact) mass is 637 g/mol. The number of primary amides is 1. The first-order valence-electron chi connectivity index (χ1n) is 14.1. The van der Waals surface area contributed by atoms with Crippen LogP contribution >= 0.6 is 11.3 Å². The summed E-state index contributed by atoms with van der Waals surface area (Å²) in [5.41, 5.74) is 5.46. The number of hydrogen-bond acceptors (Lipinski definition) is 7. The average Bonchev–Trinajstić information content (AvgIpc) is 3.34. The van der Waals surface area contributed by atoms with Crippen LogP contribution in [0.5, 0.6) is 0 Å². The molecule has 0 aromatic carbocycles. The van der Waals surface area contributed by atoms with Gasteiger partial charge in [0, 0.05) is 47.4 Å². The number of aromatic nitrogens is 1. The molecule has 1 aliphatic carbocycles. The molecule has 2 aliphatic rings. The molecule has 4 atom stereocenters. The smallest absolute Gasteiger partial charge is 0.372 e. The van der Waals surface area contributed by atoms with Crippen LogP contribution in [0.15, 0.2) is 17.8 Å². The van der Waals surface area contributed by atoms with Crippen molar-refractivity contribution >= 4 is 39.6 Å². The Labute approximate surface area is 261 Å². The number of piperidine rings is 1. The quantitative estimate of drug-likeness (QED) is 0.324. The predicted molar refractivity (Wildman–Crippen MR) is 164 cm³/mol. The lowest BCUT2D eigenvalue weighted by Crippen LogP contribution is -2.36. The number of hydrogen-bond donors (Lipinski definition) is 2. The largest absolute Gasteiger partial charge is 0.470 e. The molecule has 3 heterocycles. The summed E-state index contributed by atoms with van der Waals surface area (Å²) >= 11 is 1.47. The fraction of sp³-hybridized carbons (Fsp3) is 0.581. The van der Waals surface area contributed by atoms with Crippen LogP contribution < -0.4 is 11.1 Å². The number of halogens is 3. The van der Waals surface area contributed by atoms with Crippen molar-refractivity contribution in [3.05, 3.63) is 28.9 Å². The van der Waals surface area contributed by atoms with Crippen LogP contribution in [0.2, 0.25) is 0 Å². The summed E-state index contributed by atoms with van der Waals surface area (Å²) < 4.78 is 38.8. The summed E-state index contributed by atoms with van der Waals surface area (Å²) in [5, 5.41) is 14.1. The number of thiophene rings is 1. The van der Waals surface area contributed by atoms with Gasteiger partial charge in [-0.05, 0) is 44.9 Å². The minimum atomic E-state index is -4.86. The number of nitrogens with one attached hydrogen (secondary N) is 1. The summed E-state index contributed by atoms with van der Waals surface area (Å²) in [7, 11) is 0. The Morgan fingerprint density at radius 3 is 2.25 bits per heavy atom. The zero-order chi connectivity index (χ0) is 34.0. The van der Waals surface area contributed by atoms with Crippen molar-refractivity contribution in [2.45, 2.75) is 85.7 Å². The van der Waals surface area contributed by atoms with E-state index in [1.54, 1.807) is 12.4 Å². The van der Waals surface area contributed by atoms with Gasteiger partial charge < -0.3 is 20.7 Å². The van der Waals surface area contributed by atoms with Crippen molar-refractivity contribution in [3.8, 4) is 18.4 Å².